The third kappa shape index (κ3) is 2.41. The Morgan fingerprint density at radius 2 is 1.65 bits per heavy atom. The number of anilines is 1. The molecule has 0 radical (unpaired) electrons. The molecule has 0 spiro atoms. The molecule has 0 aliphatic rings. The zero-order valence-electron chi connectivity index (χ0n) is 11.0. The lowest BCUT2D eigenvalue weighted by atomic mass is 9.91. The molecule has 0 saturated carbocycles. The van der Waals surface area contributed by atoms with Gasteiger partial charge in [0.05, 0.1) is 0 Å². The lowest BCUT2D eigenvalue weighted by Gasteiger charge is -2.30. The largest absolute Gasteiger partial charge is 0.426 e. The van der Waals surface area contributed by atoms with Crippen molar-refractivity contribution in [3.05, 3.63) is 52.2 Å². The van der Waals surface area contributed by atoms with Gasteiger partial charge in [-0.05, 0) is 29.1 Å². The molecule has 2 rings (SSSR count). The number of benzene rings is 1. The predicted octanol–water partition coefficient (Wildman–Crippen LogP) is 3.61. The summed E-state index contributed by atoms with van der Waals surface area (Å²) in [7, 11) is 3.59. The molecule has 20 heavy (non-hydrogen) atoms. The van der Waals surface area contributed by atoms with E-state index in [0.717, 1.165) is 17.0 Å². The molecule has 1 N–H and O–H groups in total. The van der Waals surface area contributed by atoms with Gasteiger partial charge >= 0.3 is 6.18 Å². The Kier molecular flexibility index (Phi) is 3.80. The Labute approximate surface area is 119 Å². The van der Waals surface area contributed by atoms with E-state index in [1.54, 1.807) is 31.1 Å². The van der Waals surface area contributed by atoms with Gasteiger partial charge in [0.25, 0.3) is 0 Å². The molecule has 0 saturated heterocycles. The summed E-state index contributed by atoms with van der Waals surface area (Å²) < 4.78 is 40.1. The van der Waals surface area contributed by atoms with E-state index in [4.69, 9.17) is 0 Å². The van der Waals surface area contributed by atoms with Crippen LogP contribution in [0.25, 0.3) is 0 Å². The van der Waals surface area contributed by atoms with Crippen molar-refractivity contribution in [2.24, 2.45) is 0 Å². The van der Waals surface area contributed by atoms with Crippen molar-refractivity contribution in [2.75, 3.05) is 19.0 Å². The summed E-state index contributed by atoms with van der Waals surface area (Å²) in [6.45, 7) is 0. The fourth-order valence-corrected chi connectivity index (χ4v) is 2.80. The van der Waals surface area contributed by atoms with Crippen molar-refractivity contribution in [3.63, 3.8) is 0 Å². The van der Waals surface area contributed by atoms with Gasteiger partial charge < -0.3 is 10.0 Å². The van der Waals surface area contributed by atoms with Gasteiger partial charge in [-0.25, -0.2) is 0 Å². The summed E-state index contributed by atoms with van der Waals surface area (Å²) in [5.74, 6) is 0. The number of rotatable bonds is 3. The Bertz CT molecular complexity index is 563. The number of hydrogen-bond acceptors (Lipinski definition) is 3. The summed E-state index contributed by atoms with van der Waals surface area (Å²) in [5, 5.41) is 11.8. The maximum absolute atomic E-state index is 13.4. The number of thiophene rings is 1. The fourth-order valence-electron chi connectivity index (χ4n) is 1.93. The van der Waals surface area contributed by atoms with Crippen LogP contribution in [0.2, 0.25) is 0 Å². The smallest absolute Gasteiger partial charge is 0.378 e. The Hall–Kier alpha value is -1.53. The van der Waals surface area contributed by atoms with Gasteiger partial charge in [0.2, 0.25) is 5.60 Å². The van der Waals surface area contributed by atoms with E-state index >= 15 is 0 Å². The summed E-state index contributed by atoms with van der Waals surface area (Å²) in [6.07, 6.45) is -4.78. The first-order valence-electron chi connectivity index (χ1n) is 5.88. The van der Waals surface area contributed by atoms with Crippen LogP contribution in [0.4, 0.5) is 18.9 Å². The van der Waals surface area contributed by atoms with E-state index in [1.807, 2.05) is 0 Å². The van der Waals surface area contributed by atoms with Crippen molar-refractivity contribution < 1.29 is 18.3 Å². The molecule has 2 aromatic rings. The molecule has 1 heterocycles. The van der Waals surface area contributed by atoms with Crippen molar-refractivity contribution >= 4 is 17.0 Å². The molecule has 1 aromatic carbocycles. The van der Waals surface area contributed by atoms with Crippen LogP contribution in [0.15, 0.2) is 41.8 Å². The number of alkyl halides is 3. The molecule has 0 amide bonds. The van der Waals surface area contributed by atoms with Crippen LogP contribution < -0.4 is 4.90 Å². The van der Waals surface area contributed by atoms with Gasteiger partial charge in [-0.3, -0.25) is 0 Å². The summed E-state index contributed by atoms with van der Waals surface area (Å²) in [6, 6.07) is 8.51. The van der Waals surface area contributed by atoms with Crippen LogP contribution in [-0.2, 0) is 5.60 Å². The Morgan fingerprint density at radius 3 is 2.05 bits per heavy atom. The van der Waals surface area contributed by atoms with Crippen molar-refractivity contribution in [2.45, 2.75) is 11.8 Å². The zero-order chi connectivity index (χ0) is 15.0. The highest BCUT2D eigenvalue weighted by Crippen LogP contribution is 2.45. The second kappa shape index (κ2) is 5.10. The molecule has 0 bridgehead atoms. The minimum atomic E-state index is -4.78. The number of aliphatic hydroxyl groups is 1. The lowest BCUT2D eigenvalue weighted by Crippen LogP contribution is -2.42. The van der Waals surface area contributed by atoms with E-state index in [0.29, 0.717) is 0 Å². The Morgan fingerprint density at radius 1 is 1.05 bits per heavy atom. The predicted molar refractivity (Wildman–Crippen MR) is 74.1 cm³/mol. The maximum Gasteiger partial charge on any atom is 0.426 e. The van der Waals surface area contributed by atoms with Crippen LogP contribution in [0.1, 0.15) is 10.4 Å². The van der Waals surface area contributed by atoms with Gasteiger partial charge in [-0.2, -0.15) is 13.2 Å². The highest BCUT2D eigenvalue weighted by atomic mass is 32.1. The minimum Gasteiger partial charge on any atom is -0.378 e. The second-order valence-electron chi connectivity index (χ2n) is 4.63. The molecule has 0 fully saturated rings. The third-order valence-electron chi connectivity index (χ3n) is 3.09. The summed E-state index contributed by atoms with van der Waals surface area (Å²) >= 11 is 0.882. The fraction of sp³-hybridized carbons (Fsp3) is 0.286. The third-order valence-corrected chi connectivity index (χ3v) is 4.07. The summed E-state index contributed by atoms with van der Waals surface area (Å²) in [5.41, 5.74) is -2.38. The van der Waals surface area contributed by atoms with E-state index in [2.05, 4.69) is 0 Å². The van der Waals surface area contributed by atoms with Crippen molar-refractivity contribution in [1.29, 1.82) is 0 Å². The zero-order valence-corrected chi connectivity index (χ0v) is 11.8. The first-order chi connectivity index (χ1) is 9.26. The molecule has 1 aromatic heterocycles. The van der Waals surface area contributed by atoms with Crippen molar-refractivity contribution in [3.8, 4) is 0 Å². The van der Waals surface area contributed by atoms with E-state index in [9.17, 15) is 18.3 Å². The highest BCUT2D eigenvalue weighted by Gasteiger charge is 2.56. The first-order valence-corrected chi connectivity index (χ1v) is 6.75. The molecule has 0 aliphatic carbocycles. The molecule has 2 nitrogen and oxygen atoms in total. The molecular weight excluding hydrogens is 287 g/mol. The van der Waals surface area contributed by atoms with Gasteiger partial charge in [-0.1, -0.05) is 18.2 Å². The SMILES string of the molecule is CN(C)c1ccc(C(O)(c2cccs2)C(F)(F)F)cc1. The molecule has 1 unspecified atom stereocenters. The van der Waals surface area contributed by atoms with Crippen LogP contribution in [-0.4, -0.2) is 25.4 Å². The number of halogens is 3. The molecule has 1 atom stereocenters. The average molecular weight is 301 g/mol. The van der Waals surface area contributed by atoms with E-state index in [-0.39, 0.29) is 10.4 Å². The van der Waals surface area contributed by atoms with Gasteiger partial charge in [-0.15, -0.1) is 11.3 Å². The quantitative estimate of drug-likeness (QED) is 0.936. The molecular formula is C14H14F3NOS. The minimum absolute atomic E-state index is 0.136. The van der Waals surface area contributed by atoms with E-state index < -0.39 is 11.8 Å². The number of hydrogen-bond donors (Lipinski definition) is 1. The van der Waals surface area contributed by atoms with Crippen LogP contribution in [0, 0.1) is 0 Å². The maximum atomic E-state index is 13.4. The van der Waals surface area contributed by atoms with Gasteiger partial charge in [0.15, 0.2) is 0 Å². The molecule has 0 aliphatic heterocycles. The summed E-state index contributed by atoms with van der Waals surface area (Å²) in [4.78, 5) is 1.64. The van der Waals surface area contributed by atoms with Gasteiger partial charge in [0, 0.05) is 24.7 Å². The van der Waals surface area contributed by atoms with Crippen LogP contribution >= 0.6 is 11.3 Å². The van der Waals surface area contributed by atoms with E-state index in [1.165, 1.54) is 29.6 Å². The topological polar surface area (TPSA) is 23.5 Å². The standard InChI is InChI=1S/C14H14F3NOS/c1-18(2)11-7-5-10(6-8-11)13(19,14(15,16)17)12-4-3-9-20-12/h3-9,19H,1-2H3. The molecule has 108 valence electrons. The first kappa shape index (κ1) is 14.9. The van der Waals surface area contributed by atoms with Crippen LogP contribution in [0.5, 0.6) is 0 Å². The van der Waals surface area contributed by atoms with Gasteiger partial charge in [0.1, 0.15) is 0 Å². The second-order valence-corrected chi connectivity index (χ2v) is 5.57. The van der Waals surface area contributed by atoms with Crippen LogP contribution in [0.3, 0.4) is 0 Å². The Balaban J connectivity index is 2.53. The normalized spacial score (nSPS) is 14.9. The average Bonchev–Trinajstić information content (AvgIpc) is 2.90. The number of nitrogens with zero attached hydrogens (tertiary/aromatic N) is 1. The van der Waals surface area contributed by atoms with Crippen molar-refractivity contribution in [1.82, 2.24) is 0 Å². The monoisotopic (exact) mass is 301 g/mol. The highest BCUT2D eigenvalue weighted by molar-refractivity contribution is 7.10. The molecule has 6 heteroatoms. The lowest BCUT2D eigenvalue weighted by molar-refractivity contribution is -0.247.